The van der Waals surface area contributed by atoms with Gasteiger partial charge in [-0.25, -0.2) is 4.79 Å². The van der Waals surface area contributed by atoms with Crippen LogP contribution in [0.3, 0.4) is 0 Å². The van der Waals surface area contributed by atoms with Crippen molar-refractivity contribution in [3.8, 4) is 0 Å². The molecular formula is C13H13BrN2O3S. The molecule has 5 nitrogen and oxygen atoms in total. The van der Waals surface area contributed by atoms with Gasteiger partial charge < -0.3 is 5.11 Å². The summed E-state index contributed by atoms with van der Waals surface area (Å²) in [5.41, 5.74) is 1.79. The molecule has 0 aliphatic heterocycles. The van der Waals surface area contributed by atoms with Gasteiger partial charge >= 0.3 is 5.97 Å². The van der Waals surface area contributed by atoms with Gasteiger partial charge in [0.05, 0.1) is 38.0 Å². The molecule has 0 fully saturated rings. The van der Waals surface area contributed by atoms with Gasteiger partial charge in [0, 0.05) is 11.9 Å². The monoisotopic (exact) mass is 356 g/mol. The van der Waals surface area contributed by atoms with E-state index in [1.54, 1.807) is 23.9 Å². The number of carboxylic acid groups (broad SMARTS) is 1. The van der Waals surface area contributed by atoms with Crippen molar-refractivity contribution in [3.05, 3.63) is 45.7 Å². The van der Waals surface area contributed by atoms with Crippen molar-refractivity contribution in [2.24, 2.45) is 7.05 Å². The van der Waals surface area contributed by atoms with Crippen LogP contribution in [0.4, 0.5) is 0 Å². The third kappa shape index (κ3) is 2.99. The van der Waals surface area contributed by atoms with Crippen LogP contribution in [0.15, 0.2) is 33.6 Å². The average molecular weight is 357 g/mol. The molecule has 0 spiro atoms. The lowest BCUT2D eigenvalue weighted by molar-refractivity contribution is 0.0696. The van der Waals surface area contributed by atoms with E-state index in [2.05, 4.69) is 21.0 Å². The van der Waals surface area contributed by atoms with E-state index in [1.807, 2.05) is 6.92 Å². The SMILES string of the molecule is Cc1nn(C)c(CS(=O)c2cccc(C(=O)O)c2)c1Br. The highest BCUT2D eigenvalue weighted by Gasteiger charge is 2.15. The van der Waals surface area contributed by atoms with Crippen LogP contribution in [0.5, 0.6) is 0 Å². The average Bonchev–Trinajstić information content (AvgIpc) is 2.65. The molecule has 0 amide bonds. The van der Waals surface area contributed by atoms with Gasteiger partial charge in [0.25, 0.3) is 0 Å². The van der Waals surface area contributed by atoms with Gasteiger partial charge in [-0.15, -0.1) is 0 Å². The van der Waals surface area contributed by atoms with E-state index in [0.717, 1.165) is 15.9 Å². The van der Waals surface area contributed by atoms with Crippen LogP contribution in [0.25, 0.3) is 0 Å². The molecule has 0 bridgehead atoms. The number of aryl methyl sites for hydroxylation is 2. The lowest BCUT2D eigenvalue weighted by Crippen LogP contribution is -2.05. The Hall–Kier alpha value is -1.47. The number of nitrogens with zero attached hydrogens (tertiary/aromatic N) is 2. The van der Waals surface area contributed by atoms with E-state index in [1.165, 1.54) is 12.1 Å². The maximum atomic E-state index is 12.4. The third-order valence-electron chi connectivity index (χ3n) is 2.87. The zero-order chi connectivity index (χ0) is 14.9. The van der Waals surface area contributed by atoms with Gasteiger partial charge in [0.15, 0.2) is 0 Å². The minimum absolute atomic E-state index is 0.135. The maximum Gasteiger partial charge on any atom is 0.335 e. The number of hydrogen-bond acceptors (Lipinski definition) is 3. The summed E-state index contributed by atoms with van der Waals surface area (Å²) >= 11 is 3.43. The van der Waals surface area contributed by atoms with Gasteiger partial charge in [-0.1, -0.05) is 6.07 Å². The number of carbonyl (C=O) groups is 1. The molecule has 1 unspecified atom stereocenters. The van der Waals surface area contributed by atoms with Crippen molar-refractivity contribution in [1.29, 1.82) is 0 Å². The molecule has 0 aliphatic rings. The van der Waals surface area contributed by atoms with Crippen molar-refractivity contribution in [2.75, 3.05) is 0 Å². The highest BCUT2D eigenvalue weighted by molar-refractivity contribution is 9.10. The van der Waals surface area contributed by atoms with Crippen LogP contribution in [-0.4, -0.2) is 25.1 Å². The number of halogens is 1. The number of hydrogen-bond donors (Lipinski definition) is 1. The predicted molar refractivity (Wildman–Crippen MR) is 79.2 cm³/mol. The fraction of sp³-hybridized carbons (Fsp3) is 0.231. The van der Waals surface area contributed by atoms with Gasteiger partial charge in [0.1, 0.15) is 0 Å². The van der Waals surface area contributed by atoms with E-state index < -0.39 is 16.8 Å². The van der Waals surface area contributed by atoms with Crippen molar-refractivity contribution in [2.45, 2.75) is 17.6 Å². The second-order valence-corrected chi connectivity index (χ2v) is 6.54. The molecule has 0 saturated carbocycles. The first-order valence-corrected chi connectivity index (χ1v) is 7.91. The second kappa shape index (κ2) is 5.88. The van der Waals surface area contributed by atoms with Crippen LogP contribution >= 0.6 is 15.9 Å². The summed E-state index contributed by atoms with van der Waals surface area (Å²) in [6.45, 7) is 1.86. The summed E-state index contributed by atoms with van der Waals surface area (Å²) in [5, 5.41) is 13.2. The molecule has 0 aliphatic carbocycles. The standard InChI is InChI=1S/C13H13BrN2O3S/c1-8-12(14)11(16(2)15-8)7-20(19)10-5-3-4-9(6-10)13(17)18/h3-6H,7H2,1-2H3,(H,17,18). The highest BCUT2D eigenvalue weighted by atomic mass is 79.9. The second-order valence-electron chi connectivity index (χ2n) is 4.29. The Bertz CT molecular complexity index is 697. The van der Waals surface area contributed by atoms with Crippen LogP contribution in [0.2, 0.25) is 0 Å². The minimum Gasteiger partial charge on any atom is -0.478 e. The van der Waals surface area contributed by atoms with E-state index in [9.17, 15) is 9.00 Å². The largest absolute Gasteiger partial charge is 0.478 e. The molecule has 2 aromatic rings. The molecule has 2 rings (SSSR count). The molecule has 20 heavy (non-hydrogen) atoms. The Kier molecular flexibility index (Phi) is 4.39. The molecule has 1 N–H and O–H groups in total. The summed E-state index contributed by atoms with van der Waals surface area (Å²) in [6.07, 6.45) is 0. The Morgan fingerprint density at radius 2 is 2.20 bits per heavy atom. The van der Waals surface area contributed by atoms with Crippen molar-refractivity contribution >= 4 is 32.7 Å². The summed E-state index contributed by atoms with van der Waals surface area (Å²) in [4.78, 5) is 11.4. The predicted octanol–water partition coefficient (Wildman–Crippen LogP) is 2.50. The fourth-order valence-electron chi connectivity index (χ4n) is 1.82. The Balaban J connectivity index is 2.28. The molecule has 1 aromatic carbocycles. The molecule has 1 heterocycles. The van der Waals surface area contributed by atoms with Crippen molar-refractivity contribution in [3.63, 3.8) is 0 Å². The van der Waals surface area contributed by atoms with Gasteiger partial charge in [-0.05, 0) is 41.1 Å². The molecule has 7 heteroatoms. The lowest BCUT2D eigenvalue weighted by Gasteiger charge is -2.05. The Morgan fingerprint density at radius 1 is 1.50 bits per heavy atom. The van der Waals surface area contributed by atoms with E-state index in [4.69, 9.17) is 5.11 Å². The normalized spacial score (nSPS) is 12.3. The summed E-state index contributed by atoms with van der Waals surface area (Å²) in [6, 6.07) is 6.18. The lowest BCUT2D eigenvalue weighted by atomic mass is 10.2. The van der Waals surface area contributed by atoms with Crippen LogP contribution in [-0.2, 0) is 23.6 Å². The quantitative estimate of drug-likeness (QED) is 0.913. The van der Waals surface area contributed by atoms with Crippen LogP contribution in [0, 0.1) is 6.92 Å². The number of carboxylic acids is 1. The van der Waals surface area contributed by atoms with Crippen LogP contribution < -0.4 is 0 Å². The topological polar surface area (TPSA) is 72.2 Å². The van der Waals surface area contributed by atoms with Gasteiger partial charge in [-0.3, -0.25) is 8.89 Å². The molecule has 106 valence electrons. The molecule has 1 atom stereocenters. The van der Waals surface area contributed by atoms with E-state index in [0.29, 0.717) is 4.90 Å². The fourth-order valence-corrected chi connectivity index (χ4v) is 3.71. The van der Waals surface area contributed by atoms with E-state index in [-0.39, 0.29) is 11.3 Å². The highest BCUT2D eigenvalue weighted by Crippen LogP contribution is 2.23. The first kappa shape index (κ1) is 14.9. The zero-order valence-corrected chi connectivity index (χ0v) is 13.4. The Labute approximate surface area is 127 Å². The first-order valence-electron chi connectivity index (χ1n) is 5.80. The molecule has 1 aromatic heterocycles. The van der Waals surface area contributed by atoms with Crippen molar-refractivity contribution < 1.29 is 14.1 Å². The minimum atomic E-state index is -1.32. The van der Waals surface area contributed by atoms with Gasteiger partial charge in [0.2, 0.25) is 0 Å². The Morgan fingerprint density at radius 3 is 2.75 bits per heavy atom. The summed E-state index contributed by atoms with van der Waals surface area (Å²) in [5.74, 6) is -0.748. The van der Waals surface area contributed by atoms with Crippen molar-refractivity contribution in [1.82, 2.24) is 9.78 Å². The maximum absolute atomic E-state index is 12.4. The number of aromatic nitrogens is 2. The first-order chi connectivity index (χ1) is 9.40. The number of rotatable bonds is 4. The zero-order valence-electron chi connectivity index (χ0n) is 11.0. The third-order valence-corrected chi connectivity index (χ3v) is 5.22. The number of aromatic carboxylic acids is 1. The van der Waals surface area contributed by atoms with Gasteiger partial charge in [-0.2, -0.15) is 5.10 Å². The summed E-state index contributed by atoms with van der Waals surface area (Å²) < 4.78 is 14.9. The summed E-state index contributed by atoms with van der Waals surface area (Å²) in [7, 11) is 0.467. The molecule has 0 radical (unpaired) electrons. The van der Waals surface area contributed by atoms with Crippen LogP contribution in [0.1, 0.15) is 21.7 Å². The smallest absolute Gasteiger partial charge is 0.335 e. The van der Waals surface area contributed by atoms with E-state index >= 15 is 0 Å². The molecule has 0 saturated heterocycles. The molecular weight excluding hydrogens is 344 g/mol. The number of benzene rings is 1.